The minimum Gasteiger partial charge on any atom is -0.463 e. The minimum absolute atomic E-state index is 0.0760. The third kappa shape index (κ3) is 33.2. The van der Waals surface area contributed by atoms with Crippen molar-refractivity contribution in [1.82, 2.24) is 5.32 Å². The largest absolute Gasteiger partial charge is 0.472 e. The zero-order valence-corrected chi connectivity index (χ0v) is 28.9. The molecule has 45 heavy (non-hydrogen) atoms. The van der Waals surface area contributed by atoms with E-state index in [2.05, 4.69) is 67.8 Å². The standard InChI is InChI=1S/C35H62NO8P/c1-3-5-7-9-11-13-14-15-16-17-18-20-22-24-26-28-35(39)42-31-33(37)32-44-45(40,41)43-30-29-36-34(38)27-25-23-21-19-12-10-8-6-4-2/h5,7,11,13,15-16,18,20,33,37H,3-4,6,8-10,12,14,17,19,21-32H2,1-2H3,(H,36,38)(H,40,41)/b7-5-,13-11-,16-15-,20-18-. The maximum atomic E-state index is 12.0. The predicted octanol–water partition coefficient (Wildman–Crippen LogP) is 8.43. The Morgan fingerprint density at radius 3 is 1.89 bits per heavy atom. The Kier molecular flexibility index (Phi) is 30.5. The Hall–Kier alpha value is -2.03. The van der Waals surface area contributed by atoms with E-state index in [4.69, 9.17) is 13.8 Å². The van der Waals surface area contributed by atoms with Crippen LogP contribution in [0.15, 0.2) is 48.6 Å². The molecule has 2 atom stereocenters. The maximum absolute atomic E-state index is 12.0. The average molecular weight is 656 g/mol. The van der Waals surface area contributed by atoms with Gasteiger partial charge >= 0.3 is 13.8 Å². The summed E-state index contributed by atoms with van der Waals surface area (Å²) in [6.45, 7) is 3.33. The third-order valence-electron chi connectivity index (χ3n) is 6.77. The number of carbonyl (C=O) groups excluding carboxylic acids is 2. The number of ether oxygens (including phenoxy) is 1. The molecule has 0 aromatic carbocycles. The molecular weight excluding hydrogens is 593 g/mol. The number of hydrogen-bond donors (Lipinski definition) is 3. The van der Waals surface area contributed by atoms with Gasteiger partial charge in [0, 0.05) is 19.4 Å². The zero-order chi connectivity index (χ0) is 33.3. The molecule has 0 bridgehead atoms. The molecule has 260 valence electrons. The van der Waals surface area contributed by atoms with E-state index in [1.807, 2.05) is 0 Å². The summed E-state index contributed by atoms with van der Waals surface area (Å²) in [5, 5.41) is 12.6. The number of allylic oxidation sites excluding steroid dienone is 8. The van der Waals surface area contributed by atoms with Gasteiger partial charge < -0.3 is 20.1 Å². The summed E-state index contributed by atoms with van der Waals surface area (Å²) >= 11 is 0. The highest BCUT2D eigenvalue weighted by molar-refractivity contribution is 7.47. The molecule has 0 aliphatic heterocycles. The molecule has 9 nitrogen and oxygen atoms in total. The van der Waals surface area contributed by atoms with Crippen molar-refractivity contribution in [2.75, 3.05) is 26.4 Å². The molecule has 3 N–H and O–H groups in total. The summed E-state index contributed by atoms with van der Waals surface area (Å²) in [4.78, 5) is 33.6. The molecule has 0 radical (unpaired) electrons. The van der Waals surface area contributed by atoms with E-state index in [-0.39, 0.29) is 32.1 Å². The number of phosphoric ester groups is 1. The SMILES string of the molecule is CC/C=C\C/C=C\C/C=C\C/C=C\CCCCC(=O)OCC(O)COP(=O)(O)OCCNC(=O)CCCCCCCCCCC. The van der Waals surface area contributed by atoms with Crippen LogP contribution in [0.3, 0.4) is 0 Å². The highest BCUT2D eigenvalue weighted by atomic mass is 31.2. The Labute approximate surface area is 273 Å². The monoisotopic (exact) mass is 655 g/mol. The fourth-order valence-electron chi connectivity index (χ4n) is 4.19. The highest BCUT2D eigenvalue weighted by Gasteiger charge is 2.23. The smallest absolute Gasteiger partial charge is 0.463 e. The van der Waals surface area contributed by atoms with E-state index in [1.54, 1.807) is 0 Å². The molecule has 1 amide bonds. The van der Waals surface area contributed by atoms with Crippen molar-refractivity contribution in [3.63, 3.8) is 0 Å². The molecule has 2 unspecified atom stereocenters. The Bertz CT molecular complexity index is 887. The van der Waals surface area contributed by atoms with E-state index in [0.717, 1.165) is 57.8 Å². The van der Waals surface area contributed by atoms with E-state index >= 15 is 0 Å². The molecule has 0 aromatic rings. The molecule has 0 aliphatic rings. The zero-order valence-electron chi connectivity index (χ0n) is 28.0. The molecule has 0 spiro atoms. The van der Waals surface area contributed by atoms with Crippen LogP contribution in [-0.2, 0) is 27.9 Å². The average Bonchev–Trinajstić information content (AvgIpc) is 3.02. The molecule has 0 heterocycles. The number of esters is 1. The molecule has 0 saturated heterocycles. The minimum atomic E-state index is -4.41. The van der Waals surface area contributed by atoms with Gasteiger partial charge in [-0.3, -0.25) is 18.6 Å². The highest BCUT2D eigenvalue weighted by Crippen LogP contribution is 2.42. The number of rotatable bonds is 31. The topological polar surface area (TPSA) is 131 Å². The second kappa shape index (κ2) is 31.9. The van der Waals surface area contributed by atoms with E-state index < -0.39 is 26.5 Å². The van der Waals surface area contributed by atoms with Gasteiger partial charge in [0.05, 0.1) is 13.2 Å². The van der Waals surface area contributed by atoms with Crippen LogP contribution in [0.5, 0.6) is 0 Å². The van der Waals surface area contributed by atoms with Crippen molar-refractivity contribution in [2.45, 2.75) is 136 Å². The Balaban J connectivity index is 3.74. The summed E-state index contributed by atoms with van der Waals surface area (Å²) in [7, 11) is -4.41. The van der Waals surface area contributed by atoms with Gasteiger partial charge in [-0.05, 0) is 51.4 Å². The predicted molar refractivity (Wildman–Crippen MR) is 183 cm³/mol. The van der Waals surface area contributed by atoms with Gasteiger partial charge in [0.2, 0.25) is 5.91 Å². The van der Waals surface area contributed by atoms with Crippen molar-refractivity contribution < 1.29 is 37.9 Å². The van der Waals surface area contributed by atoms with Crippen LogP contribution in [0.4, 0.5) is 0 Å². The quantitative estimate of drug-likeness (QED) is 0.0294. The van der Waals surface area contributed by atoms with Gasteiger partial charge in [0.15, 0.2) is 0 Å². The van der Waals surface area contributed by atoms with Crippen LogP contribution in [0.25, 0.3) is 0 Å². The van der Waals surface area contributed by atoms with Crippen molar-refractivity contribution in [3.05, 3.63) is 48.6 Å². The summed E-state index contributed by atoms with van der Waals surface area (Å²) in [6.07, 6.45) is 33.4. The van der Waals surface area contributed by atoms with Crippen LogP contribution in [-0.4, -0.2) is 54.3 Å². The number of hydrogen-bond acceptors (Lipinski definition) is 7. The van der Waals surface area contributed by atoms with Gasteiger partial charge in [-0.25, -0.2) is 4.57 Å². The number of aliphatic hydroxyl groups excluding tert-OH is 1. The van der Waals surface area contributed by atoms with Crippen LogP contribution >= 0.6 is 7.82 Å². The summed E-state index contributed by atoms with van der Waals surface area (Å²) in [6, 6.07) is 0. The van der Waals surface area contributed by atoms with Crippen LogP contribution in [0, 0.1) is 0 Å². The number of aliphatic hydroxyl groups is 1. The lowest BCUT2D eigenvalue weighted by molar-refractivity contribution is -0.147. The summed E-state index contributed by atoms with van der Waals surface area (Å²) in [5.74, 6) is -0.567. The van der Waals surface area contributed by atoms with Gasteiger partial charge in [-0.1, -0.05) is 114 Å². The Morgan fingerprint density at radius 1 is 0.711 bits per heavy atom. The first kappa shape index (κ1) is 43.0. The van der Waals surface area contributed by atoms with Gasteiger partial charge in [-0.15, -0.1) is 0 Å². The molecule has 10 heteroatoms. The second-order valence-electron chi connectivity index (χ2n) is 11.1. The summed E-state index contributed by atoms with van der Waals surface area (Å²) in [5.41, 5.74) is 0. The molecular formula is C35H62NO8P. The lowest BCUT2D eigenvalue weighted by Gasteiger charge is -2.15. The molecule has 0 saturated carbocycles. The first-order valence-electron chi connectivity index (χ1n) is 17.1. The van der Waals surface area contributed by atoms with Gasteiger partial charge in [0.1, 0.15) is 12.7 Å². The summed E-state index contributed by atoms with van der Waals surface area (Å²) < 4.78 is 26.6. The van der Waals surface area contributed by atoms with E-state index in [0.29, 0.717) is 12.8 Å². The van der Waals surface area contributed by atoms with E-state index in [1.165, 1.54) is 38.5 Å². The molecule has 0 aromatic heterocycles. The number of phosphoric acid groups is 1. The van der Waals surface area contributed by atoms with E-state index in [9.17, 15) is 24.2 Å². The van der Waals surface area contributed by atoms with Crippen molar-refractivity contribution in [2.24, 2.45) is 0 Å². The number of amides is 1. The van der Waals surface area contributed by atoms with Crippen LogP contribution < -0.4 is 5.32 Å². The molecule has 0 fully saturated rings. The lowest BCUT2D eigenvalue weighted by Crippen LogP contribution is -2.27. The van der Waals surface area contributed by atoms with Crippen molar-refractivity contribution in [1.29, 1.82) is 0 Å². The van der Waals surface area contributed by atoms with Gasteiger partial charge in [0.25, 0.3) is 0 Å². The molecule has 0 aliphatic carbocycles. The van der Waals surface area contributed by atoms with Crippen LogP contribution in [0.2, 0.25) is 0 Å². The maximum Gasteiger partial charge on any atom is 0.472 e. The van der Waals surface area contributed by atoms with Gasteiger partial charge in [-0.2, -0.15) is 0 Å². The van der Waals surface area contributed by atoms with Crippen LogP contribution in [0.1, 0.15) is 129 Å². The normalized spacial score (nSPS) is 14.1. The third-order valence-corrected chi connectivity index (χ3v) is 7.76. The van der Waals surface area contributed by atoms with Crippen molar-refractivity contribution in [3.8, 4) is 0 Å². The Morgan fingerprint density at radius 2 is 1.27 bits per heavy atom. The molecule has 0 rings (SSSR count). The van der Waals surface area contributed by atoms with Crippen molar-refractivity contribution >= 4 is 19.7 Å². The first-order valence-corrected chi connectivity index (χ1v) is 18.6. The first-order chi connectivity index (χ1) is 21.8. The fourth-order valence-corrected chi connectivity index (χ4v) is 4.95. The fraction of sp³-hybridized carbons (Fsp3) is 0.714. The second-order valence-corrected chi connectivity index (χ2v) is 12.6. The number of unbranched alkanes of at least 4 members (excludes halogenated alkanes) is 10. The number of carbonyl (C=O) groups is 2. The lowest BCUT2D eigenvalue weighted by atomic mass is 10.1. The number of nitrogens with one attached hydrogen (secondary N) is 1.